The van der Waals surface area contributed by atoms with Crippen LogP contribution in [-0.4, -0.2) is 20.5 Å². The Bertz CT molecular complexity index is 1110. The second kappa shape index (κ2) is 6.34. The highest BCUT2D eigenvalue weighted by molar-refractivity contribution is 7.19. The van der Waals surface area contributed by atoms with Crippen LogP contribution in [0, 0.1) is 6.92 Å². The van der Waals surface area contributed by atoms with E-state index in [1.54, 1.807) is 6.07 Å². The molecule has 3 aromatic heterocycles. The highest BCUT2D eigenvalue weighted by Gasteiger charge is 2.18. The number of benzene rings is 1. The van der Waals surface area contributed by atoms with Crippen molar-refractivity contribution in [3.8, 4) is 11.3 Å². The van der Waals surface area contributed by atoms with Crippen molar-refractivity contribution in [3.05, 3.63) is 68.1 Å². The van der Waals surface area contributed by atoms with Gasteiger partial charge in [-0.2, -0.15) is 5.10 Å². The third-order valence-electron chi connectivity index (χ3n) is 3.74. The van der Waals surface area contributed by atoms with Crippen molar-refractivity contribution in [1.29, 1.82) is 0 Å². The molecule has 5 nitrogen and oxygen atoms in total. The summed E-state index contributed by atoms with van der Waals surface area (Å²) in [6, 6.07) is 13.2. The molecule has 0 aliphatic heterocycles. The van der Waals surface area contributed by atoms with Crippen molar-refractivity contribution in [2.75, 3.05) is 0 Å². The standard InChI is InChI=1S/C18H13N3O2S2/c1-11-19-16-17(25-11)15(12-6-3-2-4-7-12)20-21(18(16)23)10-13(22)14-8-5-9-24-14/h2-9H,10H2,1H3. The van der Waals surface area contributed by atoms with Crippen molar-refractivity contribution in [3.63, 3.8) is 0 Å². The zero-order valence-electron chi connectivity index (χ0n) is 13.3. The molecule has 25 heavy (non-hydrogen) atoms. The van der Waals surface area contributed by atoms with Gasteiger partial charge in [0.15, 0.2) is 11.3 Å². The molecule has 0 atom stereocenters. The summed E-state index contributed by atoms with van der Waals surface area (Å²) in [5.41, 5.74) is 1.62. The number of nitrogens with zero attached hydrogens (tertiary/aromatic N) is 3. The van der Waals surface area contributed by atoms with Crippen molar-refractivity contribution < 1.29 is 4.79 Å². The van der Waals surface area contributed by atoms with E-state index in [0.29, 0.717) is 16.1 Å². The summed E-state index contributed by atoms with van der Waals surface area (Å²) >= 11 is 2.80. The molecule has 0 fully saturated rings. The maximum Gasteiger partial charge on any atom is 0.294 e. The summed E-state index contributed by atoms with van der Waals surface area (Å²) in [7, 11) is 0. The van der Waals surface area contributed by atoms with Crippen LogP contribution in [0.15, 0.2) is 52.6 Å². The molecule has 0 saturated heterocycles. The van der Waals surface area contributed by atoms with E-state index in [0.717, 1.165) is 15.3 Å². The summed E-state index contributed by atoms with van der Waals surface area (Å²) in [4.78, 5) is 30.1. The molecular weight excluding hydrogens is 354 g/mol. The zero-order chi connectivity index (χ0) is 17.4. The Morgan fingerprint density at radius 2 is 1.96 bits per heavy atom. The van der Waals surface area contributed by atoms with Crippen molar-refractivity contribution in [1.82, 2.24) is 14.8 Å². The van der Waals surface area contributed by atoms with Gasteiger partial charge in [0.25, 0.3) is 5.56 Å². The van der Waals surface area contributed by atoms with Gasteiger partial charge in [0.05, 0.1) is 14.6 Å². The van der Waals surface area contributed by atoms with Crippen LogP contribution in [0.1, 0.15) is 14.7 Å². The van der Waals surface area contributed by atoms with Crippen LogP contribution in [0.3, 0.4) is 0 Å². The van der Waals surface area contributed by atoms with Crippen molar-refractivity contribution in [2.24, 2.45) is 0 Å². The molecule has 0 N–H and O–H groups in total. The molecular formula is C18H13N3O2S2. The molecule has 4 aromatic rings. The third-order valence-corrected chi connectivity index (χ3v) is 5.63. The Labute approximate surface area is 151 Å². The first kappa shape index (κ1) is 15.9. The molecule has 0 unspecified atom stereocenters. The summed E-state index contributed by atoms with van der Waals surface area (Å²) in [5.74, 6) is -0.130. The van der Waals surface area contributed by atoms with Crippen LogP contribution < -0.4 is 5.56 Å². The molecule has 124 valence electrons. The molecule has 0 bridgehead atoms. The summed E-state index contributed by atoms with van der Waals surface area (Å²) in [6.07, 6.45) is 0. The van der Waals surface area contributed by atoms with Crippen LogP contribution >= 0.6 is 22.7 Å². The number of rotatable bonds is 4. The first-order valence-electron chi connectivity index (χ1n) is 7.64. The average Bonchev–Trinajstić information content (AvgIpc) is 3.28. The van der Waals surface area contributed by atoms with Gasteiger partial charge in [0.1, 0.15) is 12.2 Å². The minimum atomic E-state index is -0.330. The van der Waals surface area contributed by atoms with Crippen LogP contribution in [0.2, 0.25) is 0 Å². The molecule has 3 heterocycles. The summed E-state index contributed by atoms with van der Waals surface area (Å²) in [5, 5.41) is 7.13. The van der Waals surface area contributed by atoms with Crippen LogP contribution in [0.4, 0.5) is 0 Å². The number of thiazole rings is 1. The highest BCUT2D eigenvalue weighted by Crippen LogP contribution is 2.29. The second-order valence-electron chi connectivity index (χ2n) is 5.49. The van der Waals surface area contributed by atoms with E-state index in [9.17, 15) is 9.59 Å². The third kappa shape index (κ3) is 2.92. The molecule has 4 rings (SSSR count). The van der Waals surface area contributed by atoms with Gasteiger partial charge in [-0.05, 0) is 18.4 Å². The number of fused-ring (bicyclic) bond motifs is 1. The lowest BCUT2D eigenvalue weighted by molar-refractivity contribution is 0.0970. The number of thiophene rings is 1. The van der Waals surface area contributed by atoms with Crippen LogP contribution in [-0.2, 0) is 6.54 Å². The van der Waals surface area contributed by atoms with Crippen LogP contribution in [0.25, 0.3) is 21.5 Å². The van der Waals surface area contributed by atoms with Gasteiger partial charge in [-0.15, -0.1) is 22.7 Å². The Hall–Kier alpha value is -2.64. The molecule has 7 heteroatoms. The molecule has 0 amide bonds. The maximum atomic E-state index is 12.7. The first-order chi connectivity index (χ1) is 12.1. The molecule has 0 aliphatic rings. The molecule has 0 aliphatic carbocycles. The number of aryl methyl sites for hydroxylation is 1. The Morgan fingerprint density at radius 3 is 2.68 bits per heavy atom. The maximum absolute atomic E-state index is 12.7. The highest BCUT2D eigenvalue weighted by atomic mass is 32.1. The largest absolute Gasteiger partial charge is 0.294 e. The minimum absolute atomic E-state index is 0.0916. The number of carbonyl (C=O) groups is 1. The van der Waals surface area contributed by atoms with E-state index in [-0.39, 0.29) is 17.9 Å². The lowest BCUT2D eigenvalue weighted by Crippen LogP contribution is -2.27. The quantitative estimate of drug-likeness (QED) is 0.515. The van der Waals surface area contributed by atoms with Crippen molar-refractivity contribution >= 4 is 38.7 Å². The zero-order valence-corrected chi connectivity index (χ0v) is 14.9. The van der Waals surface area contributed by atoms with E-state index in [1.165, 1.54) is 27.4 Å². The van der Waals surface area contributed by atoms with Gasteiger partial charge in [-0.25, -0.2) is 9.67 Å². The van der Waals surface area contributed by atoms with Crippen molar-refractivity contribution in [2.45, 2.75) is 13.5 Å². The lowest BCUT2D eigenvalue weighted by Gasteiger charge is -2.07. The first-order valence-corrected chi connectivity index (χ1v) is 9.33. The number of ketones is 1. The predicted octanol–water partition coefficient (Wildman–Crippen LogP) is 3.77. The Kier molecular flexibility index (Phi) is 4.03. The van der Waals surface area contributed by atoms with E-state index in [1.807, 2.05) is 48.7 Å². The average molecular weight is 367 g/mol. The van der Waals surface area contributed by atoms with Gasteiger partial charge >= 0.3 is 0 Å². The van der Waals surface area contributed by atoms with E-state index in [4.69, 9.17) is 0 Å². The molecule has 1 aromatic carbocycles. The van der Waals surface area contributed by atoms with Gasteiger partial charge in [0, 0.05) is 5.56 Å². The summed E-state index contributed by atoms with van der Waals surface area (Å²) in [6.45, 7) is 1.77. The molecule has 0 saturated carbocycles. The number of hydrogen-bond acceptors (Lipinski definition) is 6. The van der Waals surface area contributed by atoms with E-state index >= 15 is 0 Å². The fourth-order valence-corrected chi connectivity index (χ4v) is 4.18. The number of hydrogen-bond donors (Lipinski definition) is 0. The predicted molar refractivity (Wildman–Crippen MR) is 100 cm³/mol. The number of carbonyl (C=O) groups excluding carboxylic acids is 1. The smallest absolute Gasteiger partial charge is 0.291 e. The normalized spacial score (nSPS) is 11.1. The molecule has 0 radical (unpaired) electrons. The second-order valence-corrected chi connectivity index (χ2v) is 7.64. The summed E-state index contributed by atoms with van der Waals surface area (Å²) < 4.78 is 1.99. The minimum Gasteiger partial charge on any atom is -0.291 e. The monoisotopic (exact) mass is 367 g/mol. The Balaban J connectivity index is 1.89. The fraction of sp³-hybridized carbons (Fsp3) is 0.111. The molecule has 0 spiro atoms. The van der Waals surface area contributed by atoms with E-state index < -0.39 is 0 Å². The number of aromatic nitrogens is 3. The topological polar surface area (TPSA) is 64.8 Å². The number of Topliss-reactive ketones (excluding diaryl/α,β-unsaturated/α-hetero) is 1. The van der Waals surface area contributed by atoms with Gasteiger partial charge < -0.3 is 0 Å². The van der Waals surface area contributed by atoms with E-state index in [2.05, 4.69) is 10.1 Å². The Morgan fingerprint density at radius 1 is 1.16 bits per heavy atom. The van der Waals surface area contributed by atoms with Crippen LogP contribution in [0.5, 0.6) is 0 Å². The van der Waals surface area contributed by atoms with Gasteiger partial charge in [0.2, 0.25) is 0 Å². The fourth-order valence-electron chi connectivity index (χ4n) is 2.61. The van der Waals surface area contributed by atoms with Gasteiger partial charge in [-0.1, -0.05) is 36.4 Å². The SMILES string of the molecule is Cc1nc2c(=O)n(CC(=O)c3cccs3)nc(-c3ccccc3)c2s1. The van der Waals surface area contributed by atoms with Gasteiger partial charge in [-0.3, -0.25) is 9.59 Å². The lowest BCUT2D eigenvalue weighted by atomic mass is 10.1.